The van der Waals surface area contributed by atoms with Gasteiger partial charge in [0.25, 0.3) is 0 Å². The third-order valence-corrected chi connectivity index (χ3v) is 6.28. The van der Waals surface area contributed by atoms with Gasteiger partial charge in [0.2, 0.25) is 0 Å². The van der Waals surface area contributed by atoms with Gasteiger partial charge in [0.15, 0.2) is 0 Å². The summed E-state index contributed by atoms with van der Waals surface area (Å²) in [6.45, 7) is 2.80. The average molecular weight is 289 g/mol. The van der Waals surface area contributed by atoms with Crippen molar-refractivity contribution < 1.29 is 18.3 Å². The maximum Gasteiger partial charge on any atom is 0.324 e. The number of carboxylic acids is 1. The zero-order valence-corrected chi connectivity index (χ0v) is 12.3. The SMILES string of the molecule is CCCC1(C(=O)O)CCCN1C1CCS(=O)(=O)CC1. The highest BCUT2D eigenvalue weighted by atomic mass is 32.2. The molecule has 19 heavy (non-hydrogen) atoms. The fourth-order valence-corrected chi connectivity index (χ4v) is 5.11. The summed E-state index contributed by atoms with van der Waals surface area (Å²) in [4.78, 5) is 13.8. The molecular formula is C13H23NO4S. The molecular weight excluding hydrogens is 266 g/mol. The van der Waals surface area contributed by atoms with Gasteiger partial charge in [-0.3, -0.25) is 9.69 Å². The molecule has 0 saturated carbocycles. The molecule has 0 aromatic rings. The van der Waals surface area contributed by atoms with E-state index in [0.29, 0.717) is 25.7 Å². The smallest absolute Gasteiger partial charge is 0.324 e. The maximum atomic E-state index is 11.7. The highest BCUT2D eigenvalue weighted by Gasteiger charge is 2.49. The first-order chi connectivity index (χ1) is 8.91. The zero-order chi connectivity index (χ0) is 14.1. The highest BCUT2D eigenvalue weighted by molar-refractivity contribution is 7.91. The minimum atomic E-state index is -2.89. The van der Waals surface area contributed by atoms with Crippen LogP contribution < -0.4 is 0 Å². The van der Waals surface area contributed by atoms with E-state index in [1.807, 2.05) is 6.92 Å². The lowest BCUT2D eigenvalue weighted by atomic mass is 9.89. The molecule has 0 aromatic carbocycles. The number of likely N-dealkylation sites (tertiary alicyclic amines) is 1. The van der Waals surface area contributed by atoms with Gasteiger partial charge in [0.1, 0.15) is 15.4 Å². The normalized spacial score (nSPS) is 32.5. The van der Waals surface area contributed by atoms with E-state index in [-0.39, 0.29) is 17.5 Å². The minimum Gasteiger partial charge on any atom is -0.480 e. The number of hydrogen-bond acceptors (Lipinski definition) is 4. The number of nitrogens with zero attached hydrogens (tertiary/aromatic N) is 1. The number of rotatable bonds is 4. The largest absolute Gasteiger partial charge is 0.480 e. The van der Waals surface area contributed by atoms with Gasteiger partial charge in [0, 0.05) is 6.04 Å². The van der Waals surface area contributed by atoms with Crippen molar-refractivity contribution in [3.63, 3.8) is 0 Å². The lowest BCUT2D eigenvalue weighted by Crippen LogP contribution is -2.56. The Morgan fingerprint density at radius 3 is 2.53 bits per heavy atom. The van der Waals surface area contributed by atoms with Gasteiger partial charge in [-0.25, -0.2) is 8.42 Å². The van der Waals surface area contributed by atoms with Gasteiger partial charge in [-0.2, -0.15) is 0 Å². The molecule has 5 nitrogen and oxygen atoms in total. The van der Waals surface area contributed by atoms with Crippen molar-refractivity contribution in [3.05, 3.63) is 0 Å². The second-order valence-corrected chi connectivity index (χ2v) is 8.07. The van der Waals surface area contributed by atoms with Crippen molar-refractivity contribution in [2.45, 2.75) is 57.0 Å². The van der Waals surface area contributed by atoms with Crippen molar-refractivity contribution in [2.24, 2.45) is 0 Å². The Bertz CT molecular complexity index is 434. The molecule has 2 heterocycles. The quantitative estimate of drug-likeness (QED) is 0.844. The van der Waals surface area contributed by atoms with Gasteiger partial charge in [0.05, 0.1) is 11.5 Å². The molecule has 0 bridgehead atoms. The first-order valence-corrected chi connectivity index (χ1v) is 8.94. The van der Waals surface area contributed by atoms with Crippen LogP contribution in [0, 0.1) is 0 Å². The number of aliphatic carboxylic acids is 1. The van der Waals surface area contributed by atoms with Crippen molar-refractivity contribution in [2.75, 3.05) is 18.1 Å². The third kappa shape index (κ3) is 2.79. The molecule has 1 unspecified atom stereocenters. The molecule has 2 aliphatic rings. The molecule has 0 amide bonds. The number of hydrogen-bond donors (Lipinski definition) is 1. The van der Waals surface area contributed by atoms with E-state index in [1.54, 1.807) is 0 Å². The van der Waals surface area contributed by atoms with Gasteiger partial charge in [-0.05, 0) is 38.6 Å². The van der Waals surface area contributed by atoms with Crippen molar-refractivity contribution >= 4 is 15.8 Å². The standard InChI is InChI=1S/C13H23NO4S/c1-2-6-13(12(15)16)7-3-8-14(13)11-4-9-19(17,18)10-5-11/h11H,2-10H2,1H3,(H,15,16). The van der Waals surface area contributed by atoms with Crippen LogP contribution in [0.3, 0.4) is 0 Å². The summed E-state index contributed by atoms with van der Waals surface area (Å²) in [7, 11) is -2.89. The van der Waals surface area contributed by atoms with Crippen LogP contribution in [0.1, 0.15) is 45.4 Å². The predicted molar refractivity (Wildman–Crippen MR) is 72.9 cm³/mol. The van der Waals surface area contributed by atoms with E-state index >= 15 is 0 Å². The molecule has 2 aliphatic heterocycles. The second kappa shape index (κ2) is 5.40. The second-order valence-electron chi connectivity index (χ2n) is 5.77. The molecule has 0 aromatic heterocycles. The van der Waals surface area contributed by atoms with Crippen LogP contribution >= 0.6 is 0 Å². The lowest BCUT2D eigenvalue weighted by Gasteiger charge is -2.41. The van der Waals surface area contributed by atoms with Gasteiger partial charge in [-0.1, -0.05) is 13.3 Å². The Morgan fingerprint density at radius 2 is 2.00 bits per heavy atom. The summed E-state index contributed by atoms with van der Waals surface area (Å²) in [5.41, 5.74) is -0.749. The summed E-state index contributed by atoms with van der Waals surface area (Å²) < 4.78 is 23.0. The Hall–Kier alpha value is -0.620. The monoisotopic (exact) mass is 289 g/mol. The average Bonchev–Trinajstić information content (AvgIpc) is 2.75. The summed E-state index contributed by atoms with van der Waals surface area (Å²) in [6, 6.07) is 0.119. The summed E-state index contributed by atoms with van der Waals surface area (Å²) in [5, 5.41) is 9.64. The fraction of sp³-hybridized carbons (Fsp3) is 0.923. The van der Waals surface area contributed by atoms with Gasteiger partial charge in [-0.15, -0.1) is 0 Å². The molecule has 2 rings (SSSR count). The van der Waals surface area contributed by atoms with Crippen LogP contribution in [0.2, 0.25) is 0 Å². The third-order valence-electron chi connectivity index (χ3n) is 4.57. The molecule has 1 N–H and O–H groups in total. The first-order valence-electron chi connectivity index (χ1n) is 7.12. The molecule has 6 heteroatoms. The molecule has 2 fully saturated rings. The molecule has 0 radical (unpaired) electrons. The summed E-state index contributed by atoms with van der Waals surface area (Å²) in [6.07, 6.45) is 4.26. The lowest BCUT2D eigenvalue weighted by molar-refractivity contribution is -0.152. The summed E-state index contributed by atoms with van der Waals surface area (Å²) in [5.74, 6) is -0.327. The van der Waals surface area contributed by atoms with Crippen LogP contribution in [-0.2, 0) is 14.6 Å². The number of carbonyl (C=O) groups is 1. The van der Waals surface area contributed by atoms with Gasteiger partial charge < -0.3 is 5.11 Å². The van der Waals surface area contributed by atoms with Crippen molar-refractivity contribution in [1.82, 2.24) is 4.90 Å². The topological polar surface area (TPSA) is 74.7 Å². The van der Waals surface area contributed by atoms with Crippen LogP contribution in [0.4, 0.5) is 0 Å². The van der Waals surface area contributed by atoms with E-state index in [9.17, 15) is 18.3 Å². The van der Waals surface area contributed by atoms with E-state index in [1.165, 1.54) is 0 Å². The Morgan fingerprint density at radius 1 is 1.37 bits per heavy atom. The minimum absolute atomic E-state index is 0.119. The predicted octanol–water partition coefficient (Wildman–Crippen LogP) is 1.28. The molecule has 110 valence electrons. The highest BCUT2D eigenvalue weighted by Crippen LogP contribution is 2.38. The zero-order valence-electron chi connectivity index (χ0n) is 11.5. The van der Waals surface area contributed by atoms with Crippen molar-refractivity contribution in [3.8, 4) is 0 Å². The molecule has 1 atom stereocenters. The Balaban J connectivity index is 2.16. The van der Waals surface area contributed by atoms with Crippen LogP contribution in [-0.4, -0.2) is 54.0 Å². The fourth-order valence-electron chi connectivity index (χ4n) is 3.64. The van der Waals surface area contributed by atoms with Crippen LogP contribution in [0.15, 0.2) is 0 Å². The Labute approximate surface area is 114 Å². The van der Waals surface area contributed by atoms with E-state index in [4.69, 9.17) is 0 Å². The van der Waals surface area contributed by atoms with Crippen LogP contribution in [0.25, 0.3) is 0 Å². The van der Waals surface area contributed by atoms with E-state index < -0.39 is 21.3 Å². The molecule has 2 saturated heterocycles. The number of sulfone groups is 1. The molecule has 0 spiro atoms. The first kappa shape index (κ1) is 14.8. The van der Waals surface area contributed by atoms with E-state index in [2.05, 4.69) is 4.90 Å². The van der Waals surface area contributed by atoms with Crippen molar-refractivity contribution in [1.29, 1.82) is 0 Å². The number of carboxylic acid groups (broad SMARTS) is 1. The van der Waals surface area contributed by atoms with Crippen LogP contribution in [0.5, 0.6) is 0 Å². The van der Waals surface area contributed by atoms with E-state index in [0.717, 1.165) is 19.4 Å². The Kier molecular flexibility index (Phi) is 4.20. The maximum absolute atomic E-state index is 11.7. The summed E-state index contributed by atoms with van der Waals surface area (Å²) >= 11 is 0. The van der Waals surface area contributed by atoms with Gasteiger partial charge >= 0.3 is 5.97 Å². The molecule has 0 aliphatic carbocycles.